The van der Waals surface area contributed by atoms with E-state index in [1.165, 1.54) is 19.2 Å². The maximum Gasteiger partial charge on any atom is 0.356 e. The van der Waals surface area contributed by atoms with Crippen molar-refractivity contribution < 1.29 is 19.1 Å². The molecule has 1 spiro atoms. The number of esters is 2. The Bertz CT molecular complexity index is 1200. The summed E-state index contributed by atoms with van der Waals surface area (Å²) in [6.45, 7) is 0. The standard InChI is InChI=1S/C23H16Cl2N2O4/c1-30-21(28)19-20(22(29)31-2)27-18(4-3-9-26-27)23(19)16-10-12(24)5-7-14(16)15-8-6-13(25)11-17(15)23/h3-11,18H,1-2H3. The monoisotopic (exact) mass is 454 g/mol. The van der Waals surface area contributed by atoms with Gasteiger partial charge in [0.25, 0.3) is 0 Å². The van der Waals surface area contributed by atoms with E-state index in [-0.39, 0.29) is 11.3 Å². The normalized spacial score (nSPS) is 19.4. The Balaban J connectivity index is 1.98. The largest absolute Gasteiger partial charge is 0.466 e. The molecule has 0 bridgehead atoms. The first kappa shape index (κ1) is 19.8. The first-order valence-electron chi connectivity index (χ1n) is 9.47. The third-order valence-electron chi connectivity index (χ3n) is 6.01. The molecular weight excluding hydrogens is 439 g/mol. The van der Waals surface area contributed by atoms with Crippen molar-refractivity contribution in [1.29, 1.82) is 0 Å². The molecule has 5 rings (SSSR count). The molecule has 1 atom stereocenters. The Morgan fingerprint density at radius 1 is 0.968 bits per heavy atom. The molecule has 8 heteroatoms. The smallest absolute Gasteiger partial charge is 0.356 e. The van der Waals surface area contributed by atoms with Crippen LogP contribution in [0.2, 0.25) is 10.0 Å². The Kier molecular flexibility index (Phi) is 4.46. The summed E-state index contributed by atoms with van der Waals surface area (Å²) >= 11 is 12.8. The van der Waals surface area contributed by atoms with E-state index < -0.39 is 23.4 Å². The van der Waals surface area contributed by atoms with Crippen molar-refractivity contribution in [1.82, 2.24) is 5.01 Å². The van der Waals surface area contributed by atoms with Gasteiger partial charge >= 0.3 is 11.9 Å². The van der Waals surface area contributed by atoms with Gasteiger partial charge in [0, 0.05) is 16.3 Å². The van der Waals surface area contributed by atoms with Gasteiger partial charge in [-0.1, -0.05) is 41.4 Å². The highest BCUT2D eigenvalue weighted by molar-refractivity contribution is 6.31. The molecule has 31 heavy (non-hydrogen) atoms. The summed E-state index contributed by atoms with van der Waals surface area (Å²) in [5.74, 6) is -1.34. The number of nitrogens with zero attached hydrogens (tertiary/aromatic N) is 2. The molecule has 2 aliphatic heterocycles. The van der Waals surface area contributed by atoms with Crippen LogP contribution in [0.15, 0.2) is 64.9 Å². The second-order valence-electron chi connectivity index (χ2n) is 7.33. The molecule has 0 aromatic heterocycles. The zero-order valence-corrected chi connectivity index (χ0v) is 18.1. The number of hydrazone groups is 1. The van der Waals surface area contributed by atoms with Crippen molar-refractivity contribution in [3.05, 3.63) is 81.0 Å². The van der Waals surface area contributed by atoms with E-state index in [1.807, 2.05) is 30.3 Å². The summed E-state index contributed by atoms with van der Waals surface area (Å²) in [5, 5.41) is 6.93. The molecule has 1 unspecified atom stereocenters. The number of ether oxygens (including phenoxy) is 2. The van der Waals surface area contributed by atoms with Gasteiger partial charge in [-0.15, -0.1) is 0 Å². The van der Waals surface area contributed by atoms with Crippen molar-refractivity contribution in [2.75, 3.05) is 14.2 Å². The van der Waals surface area contributed by atoms with E-state index >= 15 is 0 Å². The number of rotatable bonds is 2. The van der Waals surface area contributed by atoms with Crippen LogP contribution >= 0.6 is 23.2 Å². The fourth-order valence-electron chi connectivity index (χ4n) is 4.93. The van der Waals surface area contributed by atoms with Gasteiger partial charge < -0.3 is 9.47 Å². The topological polar surface area (TPSA) is 68.2 Å². The highest BCUT2D eigenvalue weighted by atomic mass is 35.5. The molecule has 0 saturated carbocycles. The van der Waals surface area contributed by atoms with Crippen molar-refractivity contribution >= 4 is 41.4 Å². The Hall–Kier alpha value is -3.09. The maximum absolute atomic E-state index is 13.3. The molecule has 0 amide bonds. The van der Waals surface area contributed by atoms with Crippen LogP contribution in [-0.2, 0) is 24.5 Å². The second kappa shape index (κ2) is 6.97. The zero-order valence-electron chi connectivity index (χ0n) is 16.6. The van der Waals surface area contributed by atoms with Gasteiger partial charge in [0.2, 0.25) is 0 Å². The summed E-state index contributed by atoms with van der Waals surface area (Å²) in [7, 11) is 2.54. The Labute approximate surface area is 188 Å². The van der Waals surface area contributed by atoms with Gasteiger partial charge in [0.05, 0.1) is 31.2 Å². The Morgan fingerprint density at radius 2 is 1.55 bits per heavy atom. The van der Waals surface area contributed by atoms with E-state index in [1.54, 1.807) is 24.4 Å². The van der Waals surface area contributed by atoms with Crippen molar-refractivity contribution in [3.8, 4) is 11.1 Å². The lowest BCUT2D eigenvalue weighted by molar-refractivity contribution is -0.140. The zero-order chi connectivity index (χ0) is 21.9. The summed E-state index contributed by atoms with van der Waals surface area (Å²) in [6, 6.07) is 10.5. The molecular formula is C23H16Cl2N2O4. The van der Waals surface area contributed by atoms with E-state index in [0.29, 0.717) is 10.0 Å². The van der Waals surface area contributed by atoms with Gasteiger partial charge in [-0.2, -0.15) is 5.10 Å². The molecule has 1 aliphatic carbocycles. The van der Waals surface area contributed by atoms with Crippen LogP contribution < -0.4 is 0 Å². The van der Waals surface area contributed by atoms with E-state index in [9.17, 15) is 9.59 Å². The summed E-state index contributed by atoms with van der Waals surface area (Å²) in [4.78, 5) is 26.2. The van der Waals surface area contributed by atoms with Gasteiger partial charge in [0.15, 0.2) is 5.70 Å². The minimum Gasteiger partial charge on any atom is -0.466 e. The van der Waals surface area contributed by atoms with Crippen LogP contribution in [0.3, 0.4) is 0 Å². The van der Waals surface area contributed by atoms with Crippen LogP contribution in [0.1, 0.15) is 11.1 Å². The van der Waals surface area contributed by atoms with E-state index in [0.717, 1.165) is 22.3 Å². The number of fused-ring (bicyclic) bond motifs is 7. The molecule has 3 aliphatic rings. The number of allylic oxidation sites excluding steroid dienone is 1. The molecule has 2 aromatic rings. The van der Waals surface area contributed by atoms with Gasteiger partial charge in [0.1, 0.15) is 0 Å². The minimum atomic E-state index is -1.12. The average Bonchev–Trinajstić information content (AvgIpc) is 3.24. The van der Waals surface area contributed by atoms with Crippen LogP contribution in [0.25, 0.3) is 11.1 Å². The lowest BCUT2D eigenvalue weighted by Gasteiger charge is -2.36. The van der Waals surface area contributed by atoms with Gasteiger partial charge in [-0.05, 0) is 52.6 Å². The minimum absolute atomic E-state index is 0.0266. The number of carbonyl (C=O) groups is 2. The predicted molar refractivity (Wildman–Crippen MR) is 117 cm³/mol. The summed E-state index contributed by atoms with van der Waals surface area (Å²) < 4.78 is 10.2. The van der Waals surface area contributed by atoms with E-state index in [4.69, 9.17) is 32.7 Å². The fraction of sp³-hybridized carbons (Fsp3) is 0.174. The highest BCUT2D eigenvalue weighted by Crippen LogP contribution is 2.61. The number of hydrogen-bond acceptors (Lipinski definition) is 6. The molecule has 2 aromatic carbocycles. The van der Waals surface area contributed by atoms with Crippen molar-refractivity contribution in [2.24, 2.45) is 5.10 Å². The van der Waals surface area contributed by atoms with Crippen molar-refractivity contribution in [2.45, 2.75) is 11.5 Å². The lowest BCUT2D eigenvalue weighted by Crippen LogP contribution is -2.44. The van der Waals surface area contributed by atoms with Crippen LogP contribution in [0, 0.1) is 0 Å². The van der Waals surface area contributed by atoms with Crippen LogP contribution in [0.4, 0.5) is 0 Å². The molecule has 6 nitrogen and oxygen atoms in total. The number of methoxy groups -OCH3 is 2. The number of hydrogen-bond donors (Lipinski definition) is 0. The second-order valence-corrected chi connectivity index (χ2v) is 8.21. The summed E-state index contributed by atoms with van der Waals surface area (Å²) in [6.07, 6.45) is 5.23. The fourth-order valence-corrected chi connectivity index (χ4v) is 5.28. The number of halogens is 2. The highest BCUT2D eigenvalue weighted by Gasteiger charge is 2.62. The average molecular weight is 455 g/mol. The predicted octanol–water partition coefficient (Wildman–Crippen LogP) is 4.10. The molecule has 156 valence electrons. The molecule has 0 N–H and O–H groups in total. The van der Waals surface area contributed by atoms with E-state index in [2.05, 4.69) is 5.10 Å². The number of carbonyl (C=O) groups excluding carboxylic acids is 2. The third kappa shape index (κ3) is 2.49. The van der Waals surface area contributed by atoms with Crippen LogP contribution in [-0.4, -0.2) is 43.4 Å². The third-order valence-corrected chi connectivity index (χ3v) is 6.48. The molecule has 0 fully saturated rings. The summed E-state index contributed by atoms with van der Waals surface area (Å²) in [5.41, 5.74) is 2.38. The molecule has 0 saturated heterocycles. The van der Waals surface area contributed by atoms with Gasteiger partial charge in [-0.25, -0.2) is 14.6 Å². The molecule has 0 radical (unpaired) electrons. The number of benzene rings is 2. The van der Waals surface area contributed by atoms with Gasteiger partial charge in [-0.3, -0.25) is 0 Å². The first-order valence-corrected chi connectivity index (χ1v) is 10.2. The lowest BCUT2D eigenvalue weighted by atomic mass is 9.68. The Morgan fingerprint density at radius 3 is 2.10 bits per heavy atom. The maximum atomic E-state index is 13.3. The van der Waals surface area contributed by atoms with Crippen LogP contribution in [0.5, 0.6) is 0 Å². The van der Waals surface area contributed by atoms with Crippen molar-refractivity contribution in [3.63, 3.8) is 0 Å². The quantitative estimate of drug-likeness (QED) is 0.638. The SMILES string of the molecule is COC(=O)C1=C(C(=O)OC)C2(c3cc(Cl)ccc3-c3ccc(Cl)cc32)C2C=CC=NN12. The first-order chi connectivity index (χ1) is 14.9. The molecule has 2 heterocycles.